The zero-order valence-electron chi connectivity index (χ0n) is 10.6. The highest BCUT2D eigenvalue weighted by molar-refractivity contribution is 9.09. The number of hydrogen-bond donors (Lipinski definition) is 1. The van der Waals surface area contributed by atoms with Crippen molar-refractivity contribution in [2.75, 3.05) is 31.6 Å². The molecule has 1 N–H and O–H groups in total. The molecule has 1 aliphatic carbocycles. The van der Waals surface area contributed by atoms with Crippen LogP contribution in [-0.4, -0.2) is 41.6 Å². The second-order valence-electron chi connectivity index (χ2n) is 5.14. The lowest BCUT2D eigenvalue weighted by Crippen LogP contribution is -2.41. The zero-order chi connectivity index (χ0) is 11.9. The molecule has 0 bridgehead atoms. The van der Waals surface area contributed by atoms with E-state index in [4.69, 9.17) is 5.11 Å². The van der Waals surface area contributed by atoms with Gasteiger partial charge in [-0.1, -0.05) is 42.1 Å². The lowest BCUT2D eigenvalue weighted by molar-refractivity contribution is 0.123. The van der Waals surface area contributed by atoms with Gasteiger partial charge in [-0.15, -0.1) is 0 Å². The molecule has 0 saturated heterocycles. The fraction of sp³-hybridized carbons (Fsp3) is 1.00. The van der Waals surface area contributed by atoms with Crippen molar-refractivity contribution >= 4 is 15.9 Å². The zero-order valence-corrected chi connectivity index (χ0v) is 12.1. The molecule has 0 aromatic heterocycles. The predicted octanol–water partition coefficient (Wildman–Crippen LogP) is 3.04. The van der Waals surface area contributed by atoms with Crippen LogP contribution in [0.3, 0.4) is 0 Å². The molecular formula is C13H26BrNO. The molecule has 0 amide bonds. The van der Waals surface area contributed by atoms with Crippen LogP contribution in [0.15, 0.2) is 0 Å². The second-order valence-corrected chi connectivity index (χ2v) is 5.70. The second kappa shape index (κ2) is 7.67. The Kier molecular flexibility index (Phi) is 6.94. The van der Waals surface area contributed by atoms with Gasteiger partial charge < -0.3 is 10.0 Å². The molecule has 0 heterocycles. The monoisotopic (exact) mass is 291 g/mol. The van der Waals surface area contributed by atoms with Crippen LogP contribution in [0.25, 0.3) is 0 Å². The van der Waals surface area contributed by atoms with Crippen molar-refractivity contribution in [3.05, 3.63) is 0 Å². The van der Waals surface area contributed by atoms with E-state index in [0.29, 0.717) is 12.0 Å². The van der Waals surface area contributed by atoms with Crippen molar-refractivity contribution in [3.63, 3.8) is 0 Å². The summed E-state index contributed by atoms with van der Waals surface area (Å²) in [5.41, 5.74) is 0.504. The summed E-state index contributed by atoms with van der Waals surface area (Å²) < 4.78 is 0. The minimum absolute atomic E-state index is 0.317. The van der Waals surface area contributed by atoms with Gasteiger partial charge in [0.15, 0.2) is 0 Å². The lowest BCUT2D eigenvalue weighted by atomic mass is 9.75. The Balaban J connectivity index is 2.45. The smallest absolute Gasteiger partial charge is 0.0443 e. The van der Waals surface area contributed by atoms with E-state index >= 15 is 0 Å². The summed E-state index contributed by atoms with van der Waals surface area (Å²) in [6.45, 7) is 5.89. The van der Waals surface area contributed by atoms with Gasteiger partial charge in [0.2, 0.25) is 0 Å². The van der Waals surface area contributed by atoms with Crippen LogP contribution in [0.2, 0.25) is 0 Å². The molecule has 0 atom stereocenters. The van der Waals surface area contributed by atoms with Crippen LogP contribution < -0.4 is 0 Å². The SMILES string of the molecule is CCN(CCCO)CC1(CBr)CCCCC1. The first-order valence-corrected chi connectivity index (χ1v) is 7.77. The molecule has 3 heteroatoms. The van der Waals surface area contributed by atoms with Gasteiger partial charge in [-0.3, -0.25) is 0 Å². The van der Waals surface area contributed by atoms with Crippen molar-refractivity contribution in [3.8, 4) is 0 Å². The number of halogens is 1. The number of hydrogen-bond acceptors (Lipinski definition) is 2. The first-order valence-electron chi connectivity index (χ1n) is 6.65. The summed E-state index contributed by atoms with van der Waals surface area (Å²) in [7, 11) is 0. The molecule has 1 fully saturated rings. The molecular weight excluding hydrogens is 266 g/mol. The van der Waals surface area contributed by atoms with Gasteiger partial charge >= 0.3 is 0 Å². The van der Waals surface area contributed by atoms with Crippen LogP contribution in [0.4, 0.5) is 0 Å². The summed E-state index contributed by atoms with van der Waals surface area (Å²) >= 11 is 3.72. The highest BCUT2D eigenvalue weighted by Gasteiger charge is 2.32. The maximum atomic E-state index is 8.90. The number of rotatable bonds is 7. The molecule has 1 saturated carbocycles. The number of aliphatic hydroxyl groups excluding tert-OH is 1. The van der Waals surface area contributed by atoms with Gasteiger partial charge in [-0.25, -0.2) is 0 Å². The summed E-state index contributed by atoms with van der Waals surface area (Å²) in [4.78, 5) is 2.50. The van der Waals surface area contributed by atoms with E-state index in [9.17, 15) is 0 Å². The average molecular weight is 292 g/mol. The minimum Gasteiger partial charge on any atom is -0.396 e. The Morgan fingerprint density at radius 2 is 1.94 bits per heavy atom. The Labute approximate surface area is 109 Å². The van der Waals surface area contributed by atoms with Crippen molar-refractivity contribution in [1.82, 2.24) is 4.90 Å². The quantitative estimate of drug-likeness (QED) is 0.729. The Morgan fingerprint density at radius 3 is 2.44 bits per heavy atom. The molecule has 1 aliphatic rings. The Hall–Kier alpha value is 0.400. The standard InChI is InChI=1S/C13H26BrNO/c1-2-15(9-6-10-16)12-13(11-14)7-4-3-5-8-13/h16H,2-12H2,1H3. The Morgan fingerprint density at radius 1 is 1.25 bits per heavy atom. The third kappa shape index (κ3) is 4.34. The predicted molar refractivity (Wildman–Crippen MR) is 73.1 cm³/mol. The topological polar surface area (TPSA) is 23.5 Å². The fourth-order valence-corrected chi connectivity index (χ4v) is 3.49. The average Bonchev–Trinajstić information content (AvgIpc) is 2.35. The van der Waals surface area contributed by atoms with E-state index in [0.717, 1.165) is 24.8 Å². The number of alkyl halides is 1. The first kappa shape index (κ1) is 14.5. The molecule has 16 heavy (non-hydrogen) atoms. The van der Waals surface area contributed by atoms with Crippen LogP contribution in [0.5, 0.6) is 0 Å². The number of nitrogens with zero attached hydrogens (tertiary/aromatic N) is 1. The summed E-state index contributed by atoms with van der Waals surface area (Å²) in [5, 5.41) is 10.0. The summed E-state index contributed by atoms with van der Waals surface area (Å²) in [6.07, 6.45) is 7.85. The largest absolute Gasteiger partial charge is 0.396 e. The summed E-state index contributed by atoms with van der Waals surface area (Å²) in [5.74, 6) is 0. The summed E-state index contributed by atoms with van der Waals surface area (Å²) in [6, 6.07) is 0. The molecule has 96 valence electrons. The molecule has 0 aliphatic heterocycles. The van der Waals surface area contributed by atoms with Crippen LogP contribution in [-0.2, 0) is 0 Å². The fourth-order valence-electron chi connectivity index (χ4n) is 2.75. The Bertz CT molecular complexity index is 181. The molecule has 0 radical (unpaired) electrons. The lowest BCUT2D eigenvalue weighted by Gasteiger charge is -2.40. The molecule has 0 aromatic rings. The maximum Gasteiger partial charge on any atom is 0.0443 e. The van der Waals surface area contributed by atoms with Gasteiger partial charge in [-0.2, -0.15) is 0 Å². The minimum atomic E-state index is 0.317. The normalized spacial score (nSPS) is 20.2. The first-order chi connectivity index (χ1) is 7.76. The maximum absolute atomic E-state index is 8.90. The van der Waals surface area contributed by atoms with Crippen molar-refractivity contribution in [1.29, 1.82) is 0 Å². The molecule has 2 nitrogen and oxygen atoms in total. The van der Waals surface area contributed by atoms with E-state index in [-0.39, 0.29) is 0 Å². The molecule has 0 spiro atoms. The van der Waals surface area contributed by atoms with E-state index < -0.39 is 0 Å². The van der Waals surface area contributed by atoms with Gasteiger partial charge in [0.05, 0.1) is 0 Å². The van der Waals surface area contributed by atoms with Gasteiger partial charge in [-0.05, 0) is 31.2 Å². The molecule has 0 aromatic carbocycles. The van der Waals surface area contributed by atoms with Crippen LogP contribution >= 0.6 is 15.9 Å². The highest BCUT2D eigenvalue weighted by Crippen LogP contribution is 2.38. The third-order valence-corrected chi connectivity index (χ3v) is 5.03. The van der Waals surface area contributed by atoms with Crippen molar-refractivity contribution in [2.45, 2.75) is 45.4 Å². The van der Waals surface area contributed by atoms with E-state index in [1.807, 2.05) is 0 Å². The van der Waals surface area contributed by atoms with Gasteiger partial charge in [0.25, 0.3) is 0 Å². The van der Waals surface area contributed by atoms with Gasteiger partial charge in [0.1, 0.15) is 0 Å². The van der Waals surface area contributed by atoms with Crippen molar-refractivity contribution in [2.24, 2.45) is 5.41 Å². The van der Waals surface area contributed by atoms with E-state index in [2.05, 4.69) is 27.8 Å². The third-order valence-electron chi connectivity index (χ3n) is 3.84. The van der Waals surface area contributed by atoms with Crippen LogP contribution in [0, 0.1) is 5.41 Å². The number of aliphatic hydroxyl groups is 1. The molecule has 0 unspecified atom stereocenters. The van der Waals surface area contributed by atoms with E-state index in [1.54, 1.807) is 0 Å². The van der Waals surface area contributed by atoms with Gasteiger partial charge in [0, 0.05) is 25.0 Å². The van der Waals surface area contributed by atoms with Crippen molar-refractivity contribution < 1.29 is 5.11 Å². The molecule has 1 rings (SSSR count). The van der Waals surface area contributed by atoms with Crippen LogP contribution in [0.1, 0.15) is 45.4 Å². The highest BCUT2D eigenvalue weighted by atomic mass is 79.9. The van der Waals surface area contributed by atoms with E-state index in [1.165, 1.54) is 38.6 Å².